The van der Waals surface area contributed by atoms with Crippen LogP contribution in [0.2, 0.25) is 0 Å². The molecule has 0 unspecified atom stereocenters. The monoisotopic (exact) mass is 783 g/mol. The van der Waals surface area contributed by atoms with Gasteiger partial charge in [0.2, 0.25) is 0 Å². The van der Waals surface area contributed by atoms with Crippen LogP contribution >= 0.6 is 11.3 Å². The maximum atomic E-state index is 7.23. The van der Waals surface area contributed by atoms with Gasteiger partial charge in [-0.3, -0.25) is 0 Å². The lowest BCUT2D eigenvalue weighted by atomic mass is 10.0. The lowest BCUT2D eigenvalue weighted by Gasteiger charge is -2.12. The van der Waals surface area contributed by atoms with Gasteiger partial charge < -0.3 is 8.98 Å². The number of aromatic nitrogens is 1. The number of rotatable bonds is 4. The summed E-state index contributed by atoms with van der Waals surface area (Å²) in [5.41, 5.74) is 9.84. The fraction of sp³-hybridized carbons (Fsp3) is 0.0182. The fourth-order valence-electron chi connectivity index (χ4n) is 9.42. The highest BCUT2D eigenvalue weighted by atomic mass is 32.1. The van der Waals surface area contributed by atoms with Crippen molar-refractivity contribution in [3.63, 3.8) is 0 Å². The Morgan fingerprint density at radius 2 is 1.20 bits per heavy atom. The summed E-state index contributed by atoms with van der Waals surface area (Å²) in [6.45, 7) is 0. The smallest absolute Gasteiger partial charge is 0.160 e. The lowest BCUT2D eigenvalue weighted by molar-refractivity contribution is 0.670. The number of hydrogen-bond acceptors (Lipinski definition) is 4. The minimum atomic E-state index is 0.641. The van der Waals surface area contributed by atoms with Crippen LogP contribution in [0, 0.1) is 0 Å². The van der Waals surface area contributed by atoms with Crippen molar-refractivity contribution < 1.29 is 4.42 Å². The molecule has 1 aliphatic rings. The van der Waals surface area contributed by atoms with Crippen molar-refractivity contribution in [3.05, 3.63) is 205 Å². The Balaban J connectivity index is 1.11. The number of furan rings is 1. The summed E-state index contributed by atoms with van der Waals surface area (Å²) < 4.78 is 12.2. The normalized spacial score (nSPS) is 13.6. The molecule has 0 saturated carbocycles. The molecule has 12 aromatic rings. The zero-order valence-electron chi connectivity index (χ0n) is 32.3. The summed E-state index contributed by atoms with van der Waals surface area (Å²) in [5, 5.41) is 11.6. The van der Waals surface area contributed by atoms with Gasteiger partial charge in [0.25, 0.3) is 0 Å². The number of thiophene rings is 1. The Labute approximate surface area is 348 Å². The number of para-hydroxylation sites is 1. The van der Waals surface area contributed by atoms with Gasteiger partial charge in [-0.1, -0.05) is 133 Å². The number of amidine groups is 1. The Kier molecular flexibility index (Phi) is 7.21. The van der Waals surface area contributed by atoms with E-state index in [4.69, 9.17) is 14.4 Å². The van der Waals surface area contributed by atoms with Crippen LogP contribution in [0.4, 0.5) is 0 Å². The standard InChI is InChI=1S/C55H33N3OS/c1-2-13-34(14-3-1)45-26-27-46(37-23-29-51-44(31-37)40-19-9-11-21-50(40)60-51)57-55(56-45)42-25-28-48(54-52(42)41-24-22-33-12-6-7-17-38(33)53(41)59-54)58-47-20-10-8-18-39(47)43-30-35-15-4-5-16-36(35)32-49(43)58/h1-25,27-32H,26H2. The predicted molar refractivity (Wildman–Crippen MR) is 255 cm³/mol. The molecule has 0 atom stereocenters. The van der Waals surface area contributed by atoms with Gasteiger partial charge in [-0.05, 0) is 76.3 Å². The molecule has 1 aliphatic heterocycles. The molecule has 0 fully saturated rings. The molecule has 280 valence electrons. The topological polar surface area (TPSA) is 42.8 Å². The average molecular weight is 784 g/mol. The molecular formula is C55H33N3OS. The van der Waals surface area contributed by atoms with E-state index in [2.05, 4.69) is 193 Å². The first kappa shape index (κ1) is 33.4. The molecule has 4 heterocycles. The Morgan fingerprint density at radius 3 is 2.08 bits per heavy atom. The van der Waals surface area contributed by atoms with E-state index in [1.54, 1.807) is 0 Å². The molecule has 0 bridgehead atoms. The predicted octanol–water partition coefficient (Wildman–Crippen LogP) is 15.0. The minimum absolute atomic E-state index is 0.641. The largest absolute Gasteiger partial charge is 0.453 e. The third-order valence-corrected chi connectivity index (χ3v) is 13.4. The van der Waals surface area contributed by atoms with Gasteiger partial charge in [0, 0.05) is 64.7 Å². The van der Waals surface area contributed by atoms with Crippen molar-refractivity contribution in [2.75, 3.05) is 0 Å². The highest BCUT2D eigenvalue weighted by molar-refractivity contribution is 7.25. The van der Waals surface area contributed by atoms with Crippen molar-refractivity contribution in [3.8, 4) is 5.69 Å². The van der Waals surface area contributed by atoms with Crippen LogP contribution < -0.4 is 0 Å². The third kappa shape index (κ3) is 5.03. The summed E-state index contributed by atoms with van der Waals surface area (Å²) in [6.07, 6.45) is 2.88. The van der Waals surface area contributed by atoms with Gasteiger partial charge in [0.15, 0.2) is 11.4 Å². The number of hydrogen-bond donors (Lipinski definition) is 0. The molecular weight excluding hydrogens is 751 g/mol. The minimum Gasteiger partial charge on any atom is -0.453 e. The first-order valence-corrected chi connectivity index (χ1v) is 21.2. The first-order valence-electron chi connectivity index (χ1n) is 20.4. The van der Waals surface area contributed by atoms with Gasteiger partial charge in [-0.25, -0.2) is 9.98 Å². The maximum absolute atomic E-state index is 7.23. The number of nitrogens with zero attached hydrogens (tertiary/aromatic N) is 3. The summed E-state index contributed by atoms with van der Waals surface area (Å²) in [4.78, 5) is 11.0. The van der Waals surface area contributed by atoms with Gasteiger partial charge in [0.1, 0.15) is 5.58 Å². The molecule has 0 N–H and O–H groups in total. The first-order chi connectivity index (χ1) is 29.7. The number of benzene rings is 9. The molecule has 3 aromatic heterocycles. The quantitative estimate of drug-likeness (QED) is 0.175. The summed E-state index contributed by atoms with van der Waals surface area (Å²) in [7, 11) is 0. The van der Waals surface area contributed by atoms with E-state index in [1.165, 1.54) is 41.7 Å². The van der Waals surface area contributed by atoms with Crippen LogP contribution in [0.5, 0.6) is 0 Å². The molecule has 4 nitrogen and oxygen atoms in total. The average Bonchev–Trinajstić information content (AvgIpc) is 3.92. The van der Waals surface area contributed by atoms with Crippen molar-refractivity contribution in [1.82, 2.24) is 4.57 Å². The second-order valence-electron chi connectivity index (χ2n) is 15.6. The molecule has 0 aliphatic carbocycles. The molecule has 0 amide bonds. The lowest BCUT2D eigenvalue weighted by Crippen LogP contribution is -2.06. The number of aliphatic imine (C=N–C) groups is 2. The summed E-state index contributed by atoms with van der Waals surface area (Å²) in [5.74, 6) is 0.661. The molecule has 9 aromatic carbocycles. The zero-order valence-corrected chi connectivity index (χ0v) is 33.1. The Bertz CT molecular complexity index is 3860. The van der Waals surface area contributed by atoms with E-state index < -0.39 is 0 Å². The van der Waals surface area contributed by atoms with E-state index >= 15 is 0 Å². The third-order valence-electron chi connectivity index (χ3n) is 12.2. The number of fused-ring (bicyclic) bond motifs is 12. The van der Waals surface area contributed by atoms with Crippen LogP contribution in [0.3, 0.4) is 0 Å². The van der Waals surface area contributed by atoms with Crippen molar-refractivity contribution >= 4 is 114 Å². The fourth-order valence-corrected chi connectivity index (χ4v) is 10.5. The van der Waals surface area contributed by atoms with Crippen LogP contribution in [-0.4, -0.2) is 16.1 Å². The van der Waals surface area contributed by atoms with E-state index in [0.717, 1.165) is 77.5 Å². The van der Waals surface area contributed by atoms with Crippen molar-refractivity contribution in [1.29, 1.82) is 0 Å². The van der Waals surface area contributed by atoms with E-state index in [1.807, 2.05) is 11.3 Å². The van der Waals surface area contributed by atoms with Gasteiger partial charge in [0.05, 0.1) is 28.1 Å². The van der Waals surface area contributed by atoms with Crippen LogP contribution in [0.25, 0.3) is 96.8 Å². The van der Waals surface area contributed by atoms with Crippen LogP contribution in [0.15, 0.2) is 202 Å². The van der Waals surface area contributed by atoms with Crippen LogP contribution in [0.1, 0.15) is 23.1 Å². The molecule has 5 heteroatoms. The summed E-state index contributed by atoms with van der Waals surface area (Å²) >= 11 is 1.83. The van der Waals surface area contributed by atoms with Crippen molar-refractivity contribution in [2.45, 2.75) is 6.42 Å². The molecule has 60 heavy (non-hydrogen) atoms. The Morgan fingerprint density at radius 1 is 0.467 bits per heavy atom. The second kappa shape index (κ2) is 13.0. The highest BCUT2D eigenvalue weighted by Gasteiger charge is 2.25. The van der Waals surface area contributed by atoms with E-state index in [9.17, 15) is 0 Å². The summed E-state index contributed by atoms with van der Waals surface area (Å²) in [6, 6.07) is 65.2. The number of allylic oxidation sites excluding steroid dienone is 1. The SMILES string of the molecule is C1=C(c2ccc3sc4ccccc4c3c2)N=C(c2ccc(-n3c4ccccc4c4cc5ccccc5cc43)c3oc4c5ccccc5ccc4c23)N=C(c2ccccc2)C1. The zero-order chi connectivity index (χ0) is 39.3. The van der Waals surface area contributed by atoms with Gasteiger partial charge in [-0.2, -0.15) is 0 Å². The van der Waals surface area contributed by atoms with E-state index in [-0.39, 0.29) is 0 Å². The second-order valence-corrected chi connectivity index (χ2v) is 16.7. The molecule has 0 radical (unpaired) electrons. The van der Waals surface area contributed by atoms with Crippen molar-refractivity contribution in [2.24, 2.45) is 9.98 Å². The highest BCUT2D eigenvalue weighted by Crippen LogP contribution is 2.43. The maximum Gasteiger partial charge on any atom is 0.160 e. The van der Waals surface area contributed by atoms with Crippen LogP contribution in [-0.2, 0) is 0 Å². The molecule has 0 saturated heterocycles. The van der Waals surface area contributed by atoms with E-state index in [0.29, 0.717) is 12.3 Å². The molecule has 13 rings (SSSR count). The van der Waals surface area contributed by atoms with Gasteiger partial charge in [-0.15, -0.1) is 11.3 Å². The Hall–Kier alpha value is -7.60. The van der Waals surface area contributed by atoms with Gasteiger partial charge >= 0.3 is 0 Å². The molecule has 0 spiro atoms.